The lowest BCUT2D eigenvalue weighted by molar-refractivity contribution is -0.114. The molecule has 4 nitrogen and oxygen atoms in total. The van der Waals surface area contributed by atoms with Gasteiger partial charge in [0.15, 0.2) is 0 Å². The quantitative estimate of drug-likeness (QED) is 0.837. The standard InChI is InChI=1S/C16H13BrN2O2/c17-13-9-5-4-8-12(13)16(21)19-14(15(18)20)10-11-6-2-1-3-7-11/h1-10H,(H2,18,20)(H,19,21). The molecule has 0 atom stereocenters. The highest BCUT2D eigenvalue weighted by Crippen LogP contribution is 2.16. The summed E-state index contributed by atoms with van der Waals surface area (Å²) < 4.78 is 0.644. The van der Waals surface area contributed by atoms with Gasteiger partial charge in [0.05, 0.1) is 5.56 Å². The Hall–Kier alpha value is -2.40. The lowest BCUT2D eigenvalue weighted by atomic mass is 10.1. The monoisotopic (exact) mass is 344 g/mol. The summed E-state index contributed by atoms with van der Waals surface area (Å²) in [6.07, 6.45) is 1.54. The van der Waals surface area contributed by atoms with Gasteiger partial charge in [0.1, 0.15) is 5.70 Å². The first-order valence-corrected chi connectivity index (χ1v) is 6.99. The highest BCUT2D eigenvalue weighted by Gasteiger charge is 2.13. The number of halogens is 1. The summed E-state index contributed by atoms with van der Waals surface area (Å²) in [6.45, 7) is 0. The number of rotatable bonds is 4. The van der Waals surface area contributed by atoms with Crippen LogP contribution in [0, 0.1) is 0 Å². The maximum absolute atomic E-state index is 12.2. The van der Waals surface area contributed by atoms with Crippen molar-refractivity contribution in [1.82, 2.24) is 5.32 Å². The van der Waals surface area contributed by atoms with Crippen LogP contribution in [-0.2, 0) is 4.79 Å². The predicted molar refractivity (Wildman–Crippen MR) is 85.2 cm³/mol. The Morgan fingerprint density at radius 3 is 2.24 bits per heavy atom. The van der Waals surface area contributed by atoms with E-state index in [2.05, 4.69) is 21.2 Å². The van der Waals surface area contributed by atoms with Gasteiger partial charge in [0.2, 0.25) is 0 Å². The van der Waals surface area contributed by atoms with Gasteiger partial charge in [-0.2, -0.15) is 0 Å². The average molecular weight is 345 g/mol. The van der Waals surface area contributed by atoms with Crippen LogP contribution >= 0.6 is 15.9 Å². The number of nitrogens with one attached hydrogen (secondary N) is 1. The normalized spacial score (nSPS) is 11.0. The van der Waals surface area contributed by atoms with Crippen molar-refractivity contribution >= 4 is 33.8 Å². The lowest BCUT2D eigenvalue weighted by Gasteiger charge is -2.08. The molecule has 2 amide bonds. The predicted octanol–water partition coefficient (Wildman–Crippen LogP) is 2.71. The van der Waals surface area contributed by atoms with Crippen LogP contribution < -0.4 is 11.1 Å². The Morgan fingerprint density at radius 2 is 1.62 bits per heavy atom. The van der Waals surface area contributed by atoms with Crippen molar-refractivity contribution in [1.29, 1.82) is 0 Å². The van der Waals surface area contributed by atoms with Crippen molar-refractivity contribution in [2.75, 3.05) is 0 Å². The zero-order chi connectivity index (χ0) is 15.2. The molecule has 3 N–H and O–H groups in total. The van der Waals surface area contributed by atoms with Gasteiger partial charge in [-0.3, -0.25) is 9.59 Å². The SMILES string of the molecule is NC(=O)C(=Cc1ccccc1)NC(=O)c1ccccc1Br. The molecule has 2 aromatic rings. The molecule has 0 aromatic heterocycles. The molecule has 0 aliphatic carbocycles. The van der Waals surface area contributed by atoms with Gasteiger partial charge in [-0.15, -0.1) is 0 Å². The maximum atomic E-state index is 12.2. The van der Waals surface area contributed by atoms with E-state index in [0.717, 1.165) is 5.56 Å². The van der Waals surface area contributed by atoms with Crippen LogP contribution in [-0.4, -0.2) is 11.8 Å². The zero-order valence-corrected chi connectivity index (χ0v) is 12.6. The molecule has 0 bridgehead atoms. The van der Waals surface area contributed by atoms with Gasteiger partial charge in [-0.1, -0.05) is 42.5 Å². The van der Waals surface area contributed by atoms with Gasteiger partial charge in [0.25, 0.3) is 11.8 Å². The Morgan fingerprint density at radius 1 is 1.00 bits per heavy atom. The number of amides is 2. The number of carbonyl (C=O) groups is 2. The van der Waals surface area contributed by atoms with E-state index in [1.165, 1.54) is 6.08 Å². The molecule has 5 heteroatoms. The molecule has 0 fully saturated rings. The number of carbonyl (C=O) groups excluding carboxylic acids is 2. The molecule has 106 valence electrons. The molecule has 0 spiro atoms. The highest BCUT2D eigenvalue weighted by atomic mass is 79.9. The topological polar surface area (TPSA) is 72.2 Å². The second-order valence-corrected chi connectivity index (χ2v) is 5.12. The first kappa shape index (κ1) is 15.0. The second kappa shape index (κ2) is 6.85. The number of primary amides is 1. The summed E-state index contributed by atoms with van der Waals surface area (Å²) in [7, 11) is 0. The Balaban J connectivity index is 2.26. The molecule has 0 aliphatic heterocycles. The summed E-state index contributed by atoms with van der Waals surface area (Å²) in [6, 6.07) is 16.1. The smallest absolute Gasteiger partial charge is 0.265 e. The molecular formula is C16H13BrN2O2. The van der Waals surface area contributed by atoms with Crippen LogP contribution in [0.15, 0.2) is 64.8 Å². The van der Waals surface area contributed by atoms with E-state index in [4.69, 9.17) is 5.73 Å². The third-order valence-corrected chi connectivity index (χ3v) is 3.43. The van der Waals surface area contributed by atoms with Gasteiger partial charge in [0, 0.05) is 4.47 Å². The van der Waals surface area contributed by atoms with Crippen molar-refractivity contribution in [2.24, 2.45) is 5.73 Å². The van der Waals surface area contributed by atoms with E-state index in [9.17, 15) is 9.59 Å². The van der Waals surface area contributed by atoms with Crippen LogP contribution in [0.1, 0.15) is 15.9 Å². The number of nitrogens with two attached hydrogens (primary N) is 1. The van der Waals surface area contributed by atoms with E-state index >= 15 is 0 Å². The molecule has 0 saturated carbocycles. The Labute approximate surface area is 130 Å². The summed E-state index contributed by atoms with van der Waals surface area (Å²) in [5.74, 6) is -1.09. The van der Waals surface area contributed by atoms with Gasteiger partial charge >= 0.3 is 0 Å². The van der Waals surface area contributed by atoms with Gasteiger partial charge in [-0.25, -0.2) is 0 Å². The Bertz CT molecular complexity index is 696. The van der Waals surface area contributed by atoms with Crippen molar-refractivity contribution in [3.05, 3.63) is 75.9 Å². The first-order valence-electron chi connectivity index (χ1n) is 6.20. The third kappa shape index (κ3) is 4.03. The van der Waals surface area contributed by atoms with Gasteiger partial charge < -0.3 is 11.1 Å². The highest BCUT2D eigenvalue weighted by molar-refractivity contribution is 9.10. The average Bonchev–Trinajstić information content (AvgIpc) is 2.48. The number of hydrogen-bond donors (Lipinski definition) is 2. The molecule has 0 heterocycles. The fourth-order valence-corrected chi connectivity index (χ4v) is 2.18. The molecule has 0 aliphatic rings. The van der Waals surface area contributed by atoms with E-state index in [-0.39, 0.29) is 5.70 Å². The zero-order valence-electron chi connectivity index (χ0n) is 11.0. The molecular weight excluding hydrogens is 332 g/mol. The van der Waals surface area contributed by atoms with Crippen LogP contribution in [0.25, 0.3) is 6.08 Å². The fourth-order valence-electron chi connectivity index (χ4n) is 1.72. The molecule has 0 saturated heterocycles. The van der Waals surface area contributed by atoms with E-state index in [1.807, 2.05) is 30.3 Å². The van der Waals surface area contributed by atoms with Crippen molar-refractivity contribution in [3.63, 3.8) is 0 Å². The summed E-state index contributed by atoms with van der Waals surface area (Å²) in [4.78, 5) is 23.7. The van der Waals surface area contributed by atoms with Crippen LogP contribution in [0.5, 0.6) is 0 Å². The van der Waals surface area contributed by atoms with Crippen molar-refractivity contribution in [2.45, 2.75) is 0 Å². The van der Waals surface area contributed by atoms with Crippen molar-refractivity contribution in [3.8, 4) is 0 Å². The summed E-state index contributed by atoms with van der Waals surface area (Å²) in [5, 5.41) is 2.54. The Kier molecular flexibility index (Phi) is 4.90. The minimum atomic E-state index is -0.695. The van der Waals surface area contributed by atoms with E-state index in [0.29, 0.717) is 10.0 Å². The summed E-state index contributed by atoms with van der Waals surface area (Å²) in [5.41, 5.74) is 6.56. The van der Waals surface area contributed by atoms with E-state index < -0.39 is 11.8 Å². The summed E-state index contributed by atoms with van der Waals surface area (Å²) >= 11 is 3.29. The van der Waals surface area contributed by atoms with Crippen LogP contribution in [0.3, 0.4) is 0 Å². The minimum absolute atomic E-state index is 0.0435. The third-order valence-electron chi connectivity index (χ3n) is 2.74. The van der Waals surface area contributed by atoms with Crippen molar-refractivity contribution < 1.29 is 9.59 Å². The van der Waals surface area contributed by atoms with Crippen LogP contribution in [0.4, 0.5) is 0 Å². The number of benzene rings is 2. The molecule has 2 rings (SSSR count). The largest absolute Gasteiger partial charge is 0.364 e. The lowest BCUT2D eigenvalue weighted by Crippen LogP contribution is -2.31. The molecule has 0 unspecified atom stereocenters. The molecule has 0 radical (unpaired) electrons. The number of hydrogen-bond acceptors (Lipinski definition) is 2. The van der Waals surface area contributed by atoms with Crippen LogP contribution in [0.2, 0.25) is 0 Å². The maximum Gasteiger partial charge on any atom is 0.265 e. The molecule has 2 aromatic carbocycles. The fraction of sp³-hybridized carbons (Fsp3) is 0. The molecule has 21 heavy (non-hydrogen) atoms. The van der Waals surface area contributed by atoms with Gasteiger partial charge in [-0.05, 0) is 39.7 Å². The second-order valence-electron chi connectivity index (χ2n) is 4.27. The first-order chi connectivity index (χ1) is 10.1. The van der Waals surface area contributed by atoms with E-state index in [1.54, 1.807) is 24.3 Å². The minimum Gasteiger partial charge on any atom is -0.364 e.